The van der Waals surface area contributed by atoms with Gasteiger partial charge in [-0.05, 0) is 48.5 Å². The number of nitrogens with one attached hydrogen (secondary N) is 2. The number of hydrogen-bond donors (Lipinski definition) is 2. The van der Waals surface area contributed by atoms with Crippen LogP contribution >= 0.6 is 0 Å². The van der Waals surface area contributed by atoms with Crippen molar-refractivity contribution in [2.45, 2.75) is 0 Å². The fourth-order valence-electron chi connectivity index (χ4n) is 3.20. The lowest BCUT2D eigenvalue weighted by molar-refractivity contribution is 0.411. The summed E-state index contributed by atoms with van der Waals surface area (Å²) in [5, 5.41) is 6.50. The molecule has 0 unspecified atom stereocenters. The molecule has 2 aromatic carbocycles. The van der Waals surface area contributed by atoms with Gasteiger partial charge >= 0.3 is 6.01 Å². The summed E-state index contributed by atoms with van der Waals surface area (Å²) in [5.74, 6) is 3.56. The summed E-state index contributed by atoms with van der Waals surface area (Å²) in [5.41, 5.74) is 2.06. The molecule has 1 aromatic heterocycles. The summed E-state index contributed by atoms with van der Waals surface area (Å²) in [6.45, 7) is 3.38. The van der Waals surface area contributed by atoms with E-state index in [1.165, 1.54) is 0 Å². The van der Waals surface area contributed by atoms with Crippen LogP contribution in [-0.2, 0) is 0 Å². The molecule has 150 valence electrons. The third-order valence-corrected chi connectivity index (χ3v) is 4.64. The first-order valence-corrected chi connectivity index (χ1v) is 9.80. The Bertz CT molecular complexity index is 1010. The second kappa shape index (κ2) is 8.20. The number of rotatable bonds is 6. The molecular formula is C22H20N6O2. The van der Waals surface area contributed by atoms with Crippen molar-refractivity contribution in [1.82, 2.24) is 20.6 Å². The van der Waals surface area contributed by atoms with Crippen LogP contribution in [0.4, 0.5) is 0 Å². The zero-order chi connectivity index (χ0) is 20.2. The van der Waals surface area contributed by atoms with Crippen LogP contribution in [-0.4, -0.2) is 47.8 Å². The van der Waals surface area contributed by atoms with Gasteiger partial charge in [0.05, 0.1) is 13.1 Å². The molecule has 2 aliphatic heterocycles. The van der Waals surface area contributed by atoms with Crippen molar-refractivity contribution in [1.29, 1.82) is 0 Å². The quantitative estimate of drug-likeness (QED) is 0.661. The van der Waals surface area contributed by atoms with E-state index in [4.69, 9.17) is 9.47 Å². The number of ether oxygens (including phenoxy) is 2. The zero-order valence-electron chi connectivity index (χ0n) is 16.2. The minimum absolute atomic E-state index is 0.220. The molecular weight excluding hydrogens is 380 g/mol. The van der Waals surface area contributed by atoms with Crippen LogP contribution < -0.4 is 20.1 Å². The molecule has 5 rings (SSSR count). The van der Waals surface area contributed by atoms with E-state index in [9.17, 15) is 0 Å². The Morgan fingerprint density at radius 3 is 1.77 bits per heavy atom. The first kappa shape index (κ1) is 18.1. The normalized spacial score (nSPS) is 15.1. The Hall–Kier alpha value is -3.94. The van der Waals surface area contributed by atoms with Gasteiger partial charge in [-0.25, -0.2) is 4.98 Å². The Morgan fingerprint density at radius 1 is 0.667 bits per heavy atom. The Labute approximate surface area is 173 Å². The van der Waals surface area contributed by atoms with E-state index in [0.29, 0.717) is 17.4 Å². The lowest BCUT2D eigenvalue weighted by Crippen LogP contribution is -2.19. The van der Waals surface area contributed by atoms with Crippen molar-refractivity contribution in [2.75, 3.05) is 26.2 Å². The van der Waals surface area contributed by atoms with Gasteiger partial charge in [0.2, 0.25) is 5.88 Å². The van der Waals surface area contributed by atoms with Crippen LogP contribution in [0.2, 0.25) is 0 Å². The molecule has 0 amide bonds. The molecule has 30 heavy (non-hydrogen) atoms. The average Bonchev–Trinajstić information content (AvgIpc) is 3.50. The van der Waals surface area contributed by atoms with E-state index >= 15 is 0 Å². The summed E-state index contributed by atoms with van der Waals surface area (Å²) in [6, 6.07) is 17.3. The van der Waals surface area contributed by atoms with E-state index < -0.39 is 0 Å². The molecule has 0 aliphatic carbocycles. The van der Waals surface area contributed by atoms with Crippen LogP contribution in [0.15, 0.2) is 70.8 Å². The van der Waals surface area contributed by atoms with Gasteiger partial charge in [0.25, 0.3) is 0 Å². The molecule has 0 spiro atoms. The Kier molecular flexibility index (Phi) is 4.95. The van der Waals surface area contributed by atoms with Crippen LogP contribution in [0.1, 0.15) is 11.1 Å². The maximum atomic E-state index is 5.85. The molecule has 8 heteroatoms. The summed E-state index contributed by atoms with van der Waals surface area (Å²) in [4.78, 5) is 17.3. The third-order valence-electron chi connectivity index (χ3n) is 4.64. The van der Waals surface area contributed by atoms with E-state index in [-0.39, 0.29) is 6.01 Å². The van der Waals surface area contributed by atoms with E-state index in [0.717, 1.165) is 49.0 Å². The molecule has 0 radical (unpaired) electrons. The molecule has 3 aromatic rings. The SMILES string of the molecule is c1cc(Oc2ccc(C3=NCCN3)cc2)nc(Oc2ccc(C3=NCCN3)cc2)n1. The highest BCUT2D eigenvalue weighted by molar-refractivity contribution is 6.00. The molecule has 0 bridgehead atoms. The lowest BCUT2D eigenvalue weighted by atomic mass is 10.2. The van der Waals surface area contributed by atoms with E-state index in [1.807, 2.05) is 48.5 Å². The first-order chi connectivity index (χ1) is 14.8. The minimum atomic E-state index is 0.220. The predicted octanol–water partition coefficient (Wildman–Crippen LogP) is 2.76. The highest BCUT2D eigenvalue weighted by atomic mass is 16.5. The number of amidine groups is 2. The molecule has 3 heterocycles. The monoisotopic (exact) mass is 400 g/mol. The number of nitrogens with zero attached hydrogens (tertiary/aromatic N) is 4. The fourth-order valence-corrected chi connectivity index (χ4v) is 3.20. The second-order valence-corrected chi connectivity index (χ2v) is 6.74. The summed E-state index contributed by atoms with van der Waals surface area (Å²) in [6.07, 6.45) is 1.61. The van der Waals surface area contributed by atoms with Gasteiger partial charge in [0.1, 0.15) is 23.2 Å². The summed E-state index contributed by atoms with van der Waals surface area (Å²) in [7, 11) is 0. The third kappa shape index (κ3) is 4.07. The summed E-state index contributed by atoms with van der Waals surface area (Å²) < 4.78 is 11.6. The molecule has 2 aliphatic rings. The largest absolute Gasteiger partial charge is 0.439 e. The maximum Gasteiger partial charge on any atom is 0.325 e. The zero-order valence-corrected chi connectivity index (χ0v) is 16.2. The Balaban J connectivity index is 1.25. The number of aromatic nitrogens is 2. The predicted molar refractivity (Wildman–Crippen MR) is 114 cm³/mol. The standard InChI is InChI=1S/C22H20N6O2/c1-5-17(6-2-15(1)20-23-11-12-24-20)29-19-9-10-27-22(28-19)30-18-7-3-16(4-8-18)21-25-13-14-26-21/h1-10H,11-14H2,(H,23,24)(H,25,26). The van der Waals surface area contributed by atoms with Gasteiger partial charge in [-0.3, -0.25) is 9.98 Å². The molecule has 0 saturated carbocycles. The van der Waals surface area contributed by atoms with Crippen LogP contribution in [0, 0.1) is 0 Å². The van der Waals surface area contributed by atoms with Crippen molar-refractivity contribution in [2.24, 2.45) is 9.98 Å². The van der Waals surface area contributed by atoms with Crippen molar-refractivity contribution < 1.29 is 9.47 Å². The van der Waals surface area contributed by atoms with Gasteiger partial charge in [0.15, 0.2) is 0 Å². The topological polar surface area (TPSA) is 93.0 Å². The van der Waals surface area contributed by atoms with Gasteiger partial charge in [-0.2, -0.15) is 4.98 Å². The molecule has 0 saturated heterocycles. The summed E-state index contributed by atoms with van der Waals surface area (Å²) >= 11 is 0. The van der Waals surface area contributed by atoms with Gasteiger partial charge < -0.3 is 20.1 Å². The number of aliphatic imine (C=N–C) groups is 2. The maximum absolute atomic E-state index is 5.85. The average molecular weight is 400 g/mol. The number of benzene rings is 2. The highest BCUT2D eigenvalue weighted by Gasteiger charge is 2.10. The second-order valence-electron chi connectivity index (χ2n) is 6.74. The fraction of sp³-hybridized carbons (Fsp3) is 0.182. The van der Waals surface area contributed by atoms with Crippen molar-refractivity contribution >= 4 is 11.7 Å². The molecule has 0 atom stereocenters. The van der Waals surface area contributed by atoms with Gasteiger partial charge in [0, 0.05) is 36.5 Å². The lowest BCUT2D eigenvalue weighted by Gasteiger charge is -2.09. The van der Waals surface area contributed by atoms with Crippen molar-refractivity contribution in [3.63, 3.8) is 0 Å². The molecule has 0 fully saturated rings. The van der Waals surface area contributed by atoms with Crippen molar-refractivity contribution in [3.05, 3.63) is 71.9 Å². The molecule has 2 N–H and O–H groups in total. The van der Waals surface area contributed by atoms with Gasteiger partial charge in [-0.15, -0.1) is 0 Å². The first-order valence-electron chi connectivity index (χ1n) is 9.80. The van der Waals surface area contributed by atoms with E-state index in [2.05, 4.69) is 30.6 Å². The van der Waals surface area contributed by atoms with Crippen LogP contribution in [0.5, 0.6) is 23.4 Å². The van der Waals surface area contributed by atoms with Gasteiger partial charge in [-0.1, -0.05) is 0 Å². The highest BCUT2D eigenvalue weighted by Crippen LogP contribution is 2.24. The van der Waals surface area contributed by atoms with Crippen LogP contribution in [0.3, 0.4) is 0 Å². The molecule has 8 nitrogen and oxygen atoms in total. The van der Waals surface area contributed by atoms with Crippen molar-refractivity contribution in [3.8, 4) is 23.4 Å². The Morgan fingerprint density at radius 2 is 1.23 bits per heavy atom. The minimum Gasteiger partial charge on any atom is -0.439 e. The smallest absolute Gasteiger partial charge is 0.325 e. The van der Waals surface area contributed by atoms with E-state index in [1.54, 1.807) is 12.3 Å². The number of hydrogen-bond acceptors (Lipinski definition) is 8. The van der Waals surface area contributed by atoms with Crippen LogP contribution in [0.25, 0.3) is 0 Å².